The van der Waals surface area contributed by atoms with Gasteiger partial charge in [-0.2, -0.15) is 0 Å². The second-order valence-corrected chi connectivity index (χ2v) is 17.2. The van der Waals surface area contributed by atoms with Crippen molar-refractivity contribution in [3.05, 3.63) is 89.1 Å². The van der Waals surface area contributed by atoms with Crippen LogP contribution >= 0.6 is 11.6 Å². The molecule has 11 heteroatoms. The summed E-state index contributed by atoms with van der Waals surface area (Å²) in [7, 11) is -0.614. The minimum atomic E-state index is -2.22. The van der Waals surface area contributed by atoms with Crippen molar-refractivity contribution in [3.63, 3.8) is 0 Å². The fourth-order valence-corrected chi connectivity index (χ4v) is 5.88. The fourth-order valence-electron chi connectivity index (χ4n) is 4.65. The van der Waals surface area contributed by atoms with Gasteiger partial charge in [-0.15, -0.1) is 10.2 Å². The minimum absolute atomic E-state index is 0.0625. The van der Waals surface area contributed by atoms with Gasteiger partial charge in [-0.3, -0.25) is 0 Å². The van der Waals surface area contributed by atoms with Crippen molar-refractivity contribution in [1.82, 2.24) is 24.3 Å². The largest absolute Gasteiger partial charge is 0.495 e. The fraction of sp³-hybridized carbons (Fsp3) is 0.323. The van der Waals surface area contributed by atoms with E-state index in [1.807, 2.05) is 35.9 Å². The molecular formula is C31H34ClF2N5O2Si. The van der Waals surface area contributed by atoms with Crippen LogP contribution in [0.25, 0.3) is 28.3 Å². The van der Waals surface area contributed by atoms with E-state index in [2.05, 4.69) is 49.0 Å². The molecule has 0 aliphatic carbocycles. The van der Waals surface area contributed by atoms with E-state index >= 15 is 0 Å². The topological polar surface area (TPSA) is 67.0 Å². The summed E-state index contributed by atoms with van der Waals surface area (Å²) in [6, 6.07) is 10.4. The molecule has 2 aliphatic rings. The van der Waals surface area contributed by atoms with Gasteiger partial charge >= 0.3 is 0 Å². The Hall–Kier alpha value is -3.60. The van der Waals surface area contributed by atoms with Gasteiger partial charge < -0.3 is 18.3 Å². The number of aromatic nitrogens is 5. The molecule has 0 saturated heterocycles. The SMILES string of the molecule is COc1cc(-c2nnc3n(C(CO[Si](C)(C)C(C)(C)C)c4cc(F)cc(F)c4)cc(Cl)cc2-3)ccc1-n1cnc(C)c1. The number of hydrogen-bond acceptors (Lipinski definition) is 5. The zero-order chi connectivity index (χ0) is 30.4. The van der Waals surface area contributed by atoms with Gasteiger partial charge in [0.05, 0.1) is 42.5 Å². The molecule has 0 fully saturated rings. The van der Waals surface area contributed by atoms with Crippen molar-refractivity contribution in [2.75, 3.05) is 13.7 Å². The molecule has 0 bridgehead atoms. The quantitative estimate of drug-likeness (QED) is 0.166. The molecular weight excluding hydrogens is 576 g/mol. The number of ether oxygens (including phenoxy) is 1. The summed E-state index contributed by atoms with van der Waals surface area (Å²) in [5.41, 5.74) is 4.18. The highest BCUT2D eigenvalue weighted by molar-refractivity contribution is 6.74. The molecule has 3 heterocycles. The maximum absolute atomic E-state index is 14.5. The number of benzene rings is 2. The number of aryl methyl sites for hydroxylation is 1. The number of pyridine rings is 1. The Morgan fingerprint density at radius 3 is 2.33 bits per heavy atom. The molecule has 0 amide bonds. The molecule has 0 spiro atoms. The number of hydrogen-bond donors (Lipinski definition) is 0. The maximum Gasteiger partial charge on any atom is 0.192 e. The molecule has 42 heavy (non-hydrogen) atoms. The second kappa shape index (κ2) is 11.2. The van der Waals surface area contributed by atoms with Gasteiger partial charge in [-0.1, -0.05) is 38.4 Å². The van der Waals surface area contributed by atoms with Crippen molar-refractivity contribution in [1.29, 1.82) is 0 Å². The summed E-state index contributed by atoms with van der Waals surface area (Å²) in [6.45, 7) is 12.8. The first-order valence-electron chi connectivity index (χ1n) is 13.6. The van der Waals surface area contributed by atoms with E-state index in [1.165, 1.54) is 12.1 Å². The van der Waals surface area contributed by atoms with Gasteiger partial charge in [0.2, 0.25) is 0 Å². The summed E-state index contributed by atoms with van der Waals surface area (Å²) in [4.78, 5) is 4.31. The van der Waals surface area contributed by atoms with Crippen LogP contribution in [-0.4, -0.2) is 46.3 Å². The van der Waals surface area contributed by atoms with Crippen LogP contribution in [0.3, 0.4) is 0 Å². The Bertz CT molecular complexity index is 1690. The van der Waals surface area contributed by atoms with E-state index in [1.54, 1.807) is 30.3 Å². The number of imidazole rings is 1. The summed E-state index contributed by atoms with van der Waals surface area (Å²) < 4.78 is 44.9. The van der Waals surface area contributed by atoms with Crippen molar-refractivity contribution < 1.29 is 17.9 Å². The first-order chi connectivity index (χ1) is 19.8. The normalized spacial score (nSPS) is 13.1. The molecule has 0 radical (unpaired) electrons. The van der Waals surface area contributed by atoms with E-state index in [-0.39, 0.29) is 11.6 Å². The Kier molecular flexibility index (Phi) is 7.99. The lowest BCUT2D eigenvalue weighted by molar-refractivity contribution is 0.247. The number of methoxy groups -OCH3 is 1. The van der Waals surface area contributed by atoms with Crippen molar-refractivity contribution in [2.45, 2.75) is 51.9 Å². The van der Waals surface area contributed by atoms with Crippen LogP contribution < -0.4 is 4.74 Å². The van der Waals surface area contributed by atoms with E-state index in [9.17, 15) is 8.78 Å². The third-order valence-electron chi connectivity index (χ3n) is 7.99. The Morgan fingerprint density at radius 1 is 1.00 bits per heavy atom. The van der Waals surface area contributed by atoms with Crippen LogP contribution in [-0.2, 0) is 4.43 Å². The first kappa shape index (κ1) is 29.9. The van der Waals surface area contributed by atoms with Crippen molar-refractivity contribution >= 4 is 19.9 Å². The molecule has 3 aromatic rings. The van der Waals surface area contributed by atoms with Crippen LogP contribution in [0.2, 0.25) is 23.2 Å². The van der Waals surface area contributed by atoms with Crippen molar-refractivity contribution in [3.8, 4) is 34.1 Å². The minimum Gasteiger partial charge on any atom is -0.495 e. The molecule has 0 saturated carbocycles. The summed E-state index contributed by atoms with van der Waals surface area (Å²) in [5, 5.41) is 9.41. The number of fused-ring (bicyclic) bond motifs is 1. The molecule has 1 aromatic heterocycles. The third kappa shape index (κ3) is 5.84. The highest BCUT2D eigenvalue weighted by Gasteiger charge is 2.38. The molecule has 2 aromatic carbocycles. The summed E-state index contributed by atoms with van der Waals surface area (Å²) >= 11 is 6.67. The average Bonchev–Trinajstić information content (AvgIpc) is 3.53. The van der Waals surface area contributed by atoms with Gasteiger partial charge in [-0.25, -0.2) is 13.8 Å². The Morgan fingerprint density at radius 2 is 1.71 bits per heavy atom. The van der Waals surface area contributed by atoms with Gasteiger partial charge in [-0.05, 0) is 61.0 Å². The lowest BCUT2D eigenvalue weighted by Crippen LogP contribution is -2.42. The molecule has 2 aliphatic heterocycles. The first-order valence-corrected chi connectivity index (χ1v) is 16.9. The standard InChI is InChI=1S/C31H34ClF2N5O2Si/c1-19-15-38(18-35-19)26-9-8-20(12-28(26)40-5)29-25-13-22(32)16-39(30(25)37-36-29)27(17-41-42(6,7)31(2,3)4)21-10-23(33)14-24(34)11-21/h8-16,18,27H,17H2,1-7H3. The lowest BCUT2D eigenvalue weighted by Gasteiger charge is -2.38. The predicted molar refractivity (Wildman–Crippen MR) is 163 cm³/mol. The van der Waals surface area contributed by atoms with Gasteiger partial charge in [0, 0.05) is 29.6 Å². The highest BCUT2D eigenvalue weighted by atomic mass is 35.5. The predicted octanol–water partition coefficient (Wildman–Crippen LogP) is 8.10. The number of nitrogens with zero attached hydrogens (tertiary/aromatic N) is 5. The maximum atomic E-state index is 14.5. The molecule has 7 nitrogen and oxygen atoms in total. The smallest absolute Gasteiger partial charge is 0.192 e. The van der Waals surface area contributed by atoms with E-state index in [0.29, 0.717) is 33.4 Å². The number of rotatable bonds is 8. The van der Waals surface area contributed by atoms with Gasteiger partial charge in [0.15, 0.2) is 14.1 Å². The monoisotopic (exact) mass is 609 g/mol. The van der Waals surface area contributed by atoms with Crippen LogP contribution in [0.4, 0.5) is 8.78 Å². The molecule has 220 valence electrons. The van der Waals surface area contributed by atoms with Crippen LogP contribution in [0.15, 0.2) is 61.2 Å². The van der Waals surface area contributed by atoms with Gasteiger partial charge in [0.1, 0.15) is 23.1 Å². The zero-order valence-electron chi connectivity index (χ0n) is 24.7. The molecule has 5 rings (SSSR count). The number of halogens is 3. The zero-order valence-corrected chi connectivity index (χ0v) is 26.5. The van der Waals surface area contributed by atoms with E-state index in [0.717, 1.165) is 23.0 Å². The average molecular weight is 610 g/mol. The van der Waals surface area contributed by atoms with E-state index < -0.39 is 26.0 Å². The molecule has 1 unspecified atom stereocenters. The Balaban J connectivity index is 1.59. The van der Waals surface area contributed by atoms with Crippen LogP contribution in [0.5, 0.6) is 5.75 Å². The molecule has 1 atom stereocenters. The molecule has 0 N–H and O–H groups in total. The summed E-state index contributed by atoms with van der Waals surface area (Å²) in [5.74, 6) is -0.200. The Labute approximate surface area is 250 Å². The van der Waals surface area contributed by atoms with E-state index in [4.69, 9.17) is 20.8 Å². The van der Waals surface area contributed by atoms with Gasteiger partial charge in [0.25, 0.3) is 0 Å². The lowest BCUT2D eigenvalue weighted by atomic mass is 10.0. The van der Waals surface area contributed by atoms with Crippen molar-refractivity contribution in [2.24, 2.45) is 0 Å². The summed E-state index contributed by atoms with van der Waals surface area (Å²) in [6.07, 6.45) is 5.35. The highest BCUT2D eigenvalue weighted by Crippen LogP contribution is 2.41. The second-order valence-electron chi connectivity index (χ2n) is 12.0. The van der Waals surface area contributed by atoms with Crippen LogP contribution in [0, 0.1) is 18.6 Å². The third-order valence-corrected chi connectivity index (χ3v) is 12.7. The van der Waals surface area contributed by atoms with Crippen LogP contribution in [0.1, 0.15) is 38.1 Å².